The molecule has 1 N–H and O–H groups in total. The maximum absolute atomic E-state index is 4.73. The molecular weight excluding hydrogens is 106 g/mol. The minimum Gasteiger partial charge on any atom is -0.388 e. The summed E-state index contributed by atoms with van der Waals surface area (Å²) >= 11 is 0. The molecule has 0 aromatic rings. The molecule has 0 bridgehead atoms. The van der Waals surface area contributed by atoms with Gasteiger partial charge in [0.25, 0.3) is 0 Å². The van der Waals surface area contributed by atoms with Crippen molar-refractivity contribution in [2.24, 2.45) is 0 Å². The molecular formula is C5H11NO2. The SMILES string of the molecule is C/C=C(\C)ONOC. The third-order valence-corrected chi connectivity index (χ3v) is 0.693. The van der Waals surface area contributed by atoms with Crippen molar-refractivity contribution in [1.82, 2.24) is 5.64 Å². The molecule has 0 atom stereocenters. The zero-order valence-electron chi connectivity index (χ0n) is 5.39. The van der Waals surface area contributed by atoms with E-state index in [0.717, 1.165) is 5.76 Å². The number of nitrogens with one attached hydrogen (secondary N) is 1. The van der Waals surface area contributed by atoms with Gasteiger partial charge in [-0.15, -0.1) is 0 Å². The molecule has 0 aliphatic rings. The Kier molecular flexibility index (Phi) is 4.30. The molecule has 0 heterocycles. The van der Waals surface area contributed by atoms with Gasteiger partial charge in [0, 0.05) is 0 Å². The molecule has 0 saturated heterocycles. The molecule has 3 heteroatoms. The van der Waals surface area contributed by atoms with E-state index in [0.29, 0.717) is 0 Å². The topological polar surface area (TPSA) is 30.5 Å². The summed E-state index contributed by atoms with van der Waals surface area (Å²) in [5.74, 6) is 0.784. The lowest BCUT2D eigenvalue weighted by atomic mass is 10.5. The van der Waals surface area contributed by atoms with Gasteiger partial charge in [-0.1, -0.05) is 0 Å². The first-order valence-electron chi connectivity index (χ1n) is 2.39. The second kappa shape index (κ2) is 4.61. The zero-order chi connectivity index (χ0) is 6.41. The van der Waals surface area contributed by atoms with Crippen LogP contribution in [0.4, 0.5) is 0 Å². The number of hydrogen-bond acceptors (Lipinski definition) is 3. The Bertz CT molecular complexity index is 80.5. The molecule has 8 heavy (non-hydrogen) atoms. The van der Waals surface area contributed by atoms with Crippen molar-refractivity contribution in [3.05, 3.63) is 11.8 Å². The third kappa shape index (κ3) is 3.64. The monoisotopic (exact) mass is 117 g/mol. The summed E-state index contributed by atoms with van der Waals surface area (Å²) in [6.07, 6.45) is 1.83. The molecule has 0 saturated carbocycles. The molecule has 0 spiro atoms. The van der Waals surface area contributed by atoms with E-state index in [-0.39, 0.29) is 0 Å². The van der Waals surface area contributed by atoms with Gasteiger partial charge in [0.2, 0.25) is 0 Å². The van der Waals surface area contributed by atoms with Crippen LogP contribution in [0, 0.1) is 0 Å². The average Bonchev–Trinajstić information content (AvgIpc) is 1.83. The van der Waals surface area contributed by atoms with E-state index in [4.69, 9.17) is 4.84 Å². The van der Waals surface area contributed by atoms with E-state index in [2.05, 4.69) is 10.5 Å². The Morgan fingerprint density at radius 1 is 1.62 bits per heavy atom. The van der Waals surface area contributed by atoms with Crippen molar-refractivity contribution in [1.29, 1.82) is 0 Å². The van der Waals surface area contributed by atoms with Gasteiger partial charge in [0.15, 0.2) is 0 Å². The summed E-state index contributed by atoms with van der Waals surface area (Å²) in [5, 5.41) is 0. The van der Waals surface area contributed by atoms with Crippen LogP contribution >= 0.6 is 0 Å². The van der Waals surface area contributed by atoms with E-state index in [1.807, 2.05) is 19.9 Å². The minimum absolute atomic E-state index is 0.784. The van der Waals surface area contributed by atoms with Crippen LogP contribution < -0.4 is 5.64 Å². The highest BCUT2D eigenvalue weighted by molar-refractivity contribution is 4.82. The smallest absolute Gasteiger partial charge is 0.119 e. The first-order chi connectivity index (χ1) is 3.81. The lowest BCUT2D eigenvalue weighted by Gasteiger charge is -2.01. The van der Waals surface area contributed by atoms with Gasteiger partial charge in [-0.2, -0.15) is 0 Å². The predicted octanol–water partition coefficient (Wildman–Crippen LogP) is 0.993. The Balaban J connectivity index is 3.12. The summed E-state index contributed by atoms with van der Waals surface area (Å²) in [6, 6.07) is 0. The molecule has 0 amide bonds. The normalized spacial score (nSPS) is 11.6. The molecule has 0 aromatic carbocycles. The van der Waals surface area contributed by atoms with Gasteiger partial charge in [-0.25, -0.2) is 0 Å². The molecule has 0 aliphatic carbocycles. The summed E-state index contributed by atoms with van der Waals surface area (Å²) in [5.41, 5.74) is 2.23. The lowest BCUT2D eigenvalue weighted by molar-refractivity contribution is -0.121. The highest BCUT2D eigenvalue weighted by Gasteiger charge is 1.81. The van der Waals surface area contributed by atoms with Gasteiger partial charge < -0.3 is 4.84 Å². The largest absolute Gasteiger partial charge is 0.388 e. The number of rotatable bonds is 3. The van der Waals surface area contributed by atoms with Crippen LogP contribution in [0.3, 0.4) is 0 Å². The van der Waals surface area contributed by atoms with E-state index >= 15 is 0 Å². The highest BCUT2D eigenvalue weighted by atomic mass is 16.9. The standard InChI is InChI=1S/C5H11NO2/c1-4-5(2)8-6-7-3/h4,6H,1-3H3/b5-4+. The zero-order valence-corrected chi connectivity index (χ0v) is 5.39. The molecule has 0 aliphatic heterocycles. The molecule has 0 unspecified atom stereocenters. The predicted molar refractivity (Wildman–Crippen MR) is 30.7 cm³/mol. The molecule has 0 radical (unpaired) electrons. The summed E-state index contributed by atoms with van der Waals surface area (Å²) in [6.45, 7) is 3.71. The van der Waals surface area contributed by atoms with Gasteiger partial charge >= 0.3 is 0 Å². The molecule has 0 fully saturated rings. The highest BCUT2D eigenvalue weighted by Crippen LogP contribution is 1.88. The van der Waals surface area contributed by atoms with Crippen molar-refractivity contribution in [2.45, 2.75) is 13.8 Å². The summed E-state index contributed by atoms with van der Waals surface area (Å²) in [4.78, 5) is 9.13. The fraction of sp³-hybridized carbons (Fsp3) is 0.600. The first kappa shape index (κ1) is 7.46. The van der Waals surface area contributed by atoms with E-state index in [1.54, 1.807) is 0 Å². The molecule has 0 rings (SSSR count). The van der Waals surface area contributed by atoms with Crippen LogP contribution in [0.5, 0.6) is 0 Å². The van der Waals surface area contributed by atoms with Crippen LogP contribution in [0.2, 0.25) is 0 Å². The minimum atomic E-state index is 0.784. The van der Waals surface area contributed by atoms with E-state index < -0.39 is 0 Å². The van der Waals surface area contributed by atoms with Crippen LogP contribution in [-0.2, 0) is 9.68 Å². The average molecular weight is 117 g/mol. The van der Waals surface area contributed by atoms with Crippen LogP contribution in [0.15, 0.2) is 11.8 Å². The van der Waals surface area contributed by atoms with Crippen molar-refractivity contribution < 1.29 is 9.68 Å². The van der Waals surface area contributed by atoms with Gasteiger partial charge in [-0.3, -0.25) is 4.84 Å². The Hall–Kier alpha value is -0.540. The van der Waals surface area contributed by atoms with Gasteiger partial charge in [-0.05, 0) is 25.6 Å². The molecule has 3 nitrogen and oxygen atoms in total. The van der Waals surface area contributed by atoms with E-state index in [9.17, 15) is 0 Å². The Morgan fingerprint density at radius 2 is 2.25 bits per heavy atom. The van der Waals surface area contributed by atoms with Crippen molar-refractivity contribution in [3.63, 3.8) is 0 Å². The maximum atomic E-state index is 4.73. The molecule has 48 valence electrons. The van der Waals surface area contributed by atoms with Crippen molar-refractivity contribution >= 4 is 0 Å². The number of hydrogen-bond donors (Lipinski definition) is 1. The van der Waals surface area contributed by atoms with Crippen LogP contribution in [0.25, 0.3) is 0 Å². The maximum Gasteiger partial charge on any atom is 0.119 e. The van der Waals surface area contributed by atoms with Crippen molar-refractivity contribution in [3.8, 4) is 0 Å². The summed E-state index contributed by atoms with van der Waals surface area (Å²) < 4.78 is 0. The Labute approximate surface area is 49.2 Å². The third-order valence-electron chi connectivity index (χ3n) is 0.693. The lowest BCUT2D eigenvalue weighted by Crippen LogP contribution is -2.10. The quantitative estimate of drug-likeness (QED) is 0.441. The van der Waals surface area contributed by atoms with Crippen LogP contribution in [0.1, 0.15) is 13.8 Å². The van der Waals surface area contributed by atoms with Gasteiger partial charge in [0.05, 0.1) is 7.11 Å². The summed E-state index contributed by atoms with van der Waals surface area (Å²) in [7, 11) is 1.49. The molecule has 0 aromatic heterocycles. The first-order valence-corrected chi connectivity index (χ1v) is 2.39. The Morgan fingerprint density at radius 3 is 2.62 bits per heavy atom. The van der Waals surface area contributed by atoms with Crippen LogP contribution in [-0.4, -0.2) is 7.11 Å². The van der Waals surface area contributed by atoms with Crippen molar-refractivity contribution in [2.75, 3.05) is 7.11 Å². The van der Waals surface area contributed by atoms with Gasteiger partial charge in [0.1, 0.15) is 5.76 Å². The second-order valence-electron chi connectivity index (χ2n) is 1.29. The fourth-order valence-corrected chi connectivity index (χ4v) is 0.166. The second-order valence-corrected chi connectivity index (χ2v) is 1.29. The van der Waals surface area contributed by atoms with E-state index in [1.165, 1.54) is 7.11 Å². The fourth-order valence-electron chi connectivity index (χ4n) is 0.166. The number of allylic oxidation sites excluding steroid dienone is 2.